The molecule has 2 aromatic rings. The van der Waals surface area contributed by atoms with Crippen LogP contribution in [0.25, 0.3) is 0 Å². The van der Waals surface area contributed by atoms with Gasteiger partial charge >= 0.3 is 5.24 Å². The van der Waals surface area contributed by atoms with Gasteiger partial charge in [-0.25, -0.2) is 0 Å². The van der Waals surface area contributed by atoms with E-state index in [0.717, 1.165) is 25.9 Å². The molecule has 1 saturated heterocycles. The molecule has 1 unspecified atom stereocenters. The van der Waals surface area contributed by atoms with Crippen molar-refractivity contribution in [2.24, 2.45) is 0 Å². The number of aromatic nitrogens is 1. The summed E-state index contributed by atoms with van der Waals surface area (Å²) in [6.45, 7) is 0.725. The topological polar surface area (TPSA) is 81.6 Å². The molecule has 1 aromatic heterocycles. The van der Waals surface area contributed by atoms with Crippen LogP contribution in [0.5, 0.6) is 5.75 Å². The summed E-state index contributed by atoms with van der Waals surface area (Å²) in [5.41, 5.74) is 0.449. The number of hydrogen-bond donors (Lipinski definition) is 2. The van der Waals surface area contributed by atoms with Crippen LogP contribution >= 0.6 is 11.9 Å². The first-order chi connectivity index (χ1) is 12.7. The number of nitrogens with zero attached hydrogens (tertiary/aromatic N) is 1. The first-order valence-corrected chi connectivity index (χ1v) is 9.19. The second-order valence-electron chi connectivity index (χ2n) is 5.80. The lowest BCUT2D eigenvalue weighted by molar-refractivity contribution is -0.0304. The summed E-state index contributed by atoms with van der Waals surface area (Å²) < 4.78 is 15.2. The van der Waals surface area contributed by atoms with E-state index in [1.54, 1.807) is 31.4 Å². The Morgan fingerprint density at radius 3 is 2.73 bits per heavy atom. The van der Waals surface area contributed by atoms with E-state index in [4.69, 9.17) is 9.47 Å². The molecule has 7 nitrogen and oxygen atoms in total. The molecule has 8 heteroatoms. The summed E-state index contributed by atoms with van der Waals surface area (Å²) in [7, 11) is 1.56. The number of carbonyl (C=O) groups excluding carboxylic acids is 2. The maximum absolute atomic E-state index is 12.1. The molecule has 1 aliphatic rings. The highest BCUT2D eigenvalue weighted by molar-refractivity contribution is 8.12. The van der Waals surface area contributed by atoms with Gasteiger partial charge in [-0.05, 0) is 55.7 Å². The molecule has 2 N–H and O–H groups in total. The molecule has 0 saturated carbocycles. The highest BCUT2D eigenvalue weighted by atomic mass is 32.2. The van der Waals surface area contributed by atoms with Crippen molar-refractivity contribution in [2.75, 3.05) is 19.0 Å². The lowest BCUT2D eigenvalue weighted by Gasteiger charge is -2.25. The first kappa shape index (κ1) is 18.3. The van der Waals surface area contributed by atoms with Crippen LogP contribution in [0.1, 0.15) is 35.8 Å². The number of nitrogens with one attached hydrogen (secondary N) is 2. The number of benzene rings is 1. The molecule has 1 atom stereocenters. The molecular formula is C18H21N3O4S. The minimum atomic E-state index is -0.373. The number of amides is 2. The van der Waals surface area contributed by atoms with Crippen molar-refractivity contribution in [3.05, 3.63) is 48.2 Å². The lowest BCUT2D eigenvalue weighted by Crippen LogP contribution is -2.23. The summed E-state index contributed by atoms with van der Waals surface area (Å²) in [5, 5.41) is 2.41. The number of carbonyl (C=O) groups is 2. The Labute approximate surface area is 156 Å². The van der Waals surface area contributed by atoms with Crippen LogP contribution in [0.15, 0.2) is 42.6 Å². The summed E-state index contributed by atoms with van der Waals surface area (Å²) in [6, 6.07) is 10.3. The van der Waals surface area contributed by atoms with E-state index in [1.807, 2.05) is 22.9 Å². The minimum Gasteiger partial charge on any atom is -0.497 e. The number of ether oxygens (including phenoxy) is 2. The van der Waals surface area contributed by atoms with E-state index in [1.165, 1.54) is 0 Å². The van der Waals surface area contributed by atoms with Crippen molar-refractivity contribution in [1.82, 2.24) is 9.29 Å². The Hall–Kier alpha value is -2.45. The molecule has 138 valence electrons. The zero-order chi connectivity index (χ0) is 18.4. The number of methoxy groups -OCH3 is 1. The summed E-state index contributed by atoms with van der Waals surface area (Å²) in [6.07, 6.45) is 4.90. The van der Waals surface area contributed by atoms with Crippen molar-refractivity contribution in [1.29, 1.82) is 0 Å². The average molecular weight is 375 g/mol. The van der Waals surface area contributed by atoms with Crippen LogP contribution in [0.2, 0.25) is 0 Å². The third kappa shape index (κ3) is 4.59. The SMILES string of the molecule is COc1ccc(C(=O)NSC(=O)Nc2cccn2C2CCCCO2)cc1. The molecule has 0 bridgehead atoms. The van der Waals surface area contributed by atoms with Gasteiger partial charge in [0.15, 0.2) is 0 Å². The zero-order valence-electron chi connectivity index (χ0n) is 14.4. The standard InChI is InChI=1S/C18H21N3O4S/c1-24-14-9-7-13(8-10-14)17(22)20-26-18(23)19-15-5-4-11-21(15)16-6-2-3-12-25-16/h4-5,7-11,16H,2-3,6,12H2,1H3,(H,19,23)(H,20,22). The van der Waals surface area contributed by atoms with Gasteiger partial charge in [0.2, 0.25) is 0 Å². The van der Waals surface area contributed by atoms with Crippen LogP contribution in [0.4, 0.5) is 10.6 Å². The average Bonchev–Trinajstić information content (AvgIpc) is 3.15. The minimum absolute atomic E-state index is 0.0621. The fraction of sp³-hybridized carbons (Fsp3) is 0.333. The second-order valence-corrected chi connectivity index (χ2v) is 6.58. The molecule has 2 amide bonds. The summed E-state index contributed by atoms with van der Waals surface area (Å²) in [4.78, 5) is 24.2. The lowest BCUT2D eigenvalue weighted by atomic mass is 10.2. The Morgan fingerprint density at radius 1 is 1.23 bits per heavy atom. The maximum atomic E-state index is 12.1. The third-order valence-electron chi connectivity index (χ3n) is 4.06. The van der Waals surface area contributed by atoms with E-state index >= 15 is 0 Å². The first-order valence-electron chi connectivity index (χ1n) is 8.38. The molecule has 1 aromatic carbocycles. The predicted octanol–water partition coefficient (Wildman–Crippen LogP) is 3.81. The normalized spacial score (nSPS) is 16.7. The molecule has 0 radical (unpaired) electrons. The van der Waals surface area contributed by atoms with Gasteiger partial charge in [0.05, 0.1) is 19.1 Å². The molecule has 1 fully saturated rings. The second kappa shape index (κ2) is 8.77. The summed E-state index contributed by atoms with van der Waals surface area (Å²) in [5.74, 6) is 0.963. The van der Waals surface area contributed by atoms with E-state index < -0.39 is 0 Å². The van der Waals surface area contributed by atoms with Gasteiger partial charge in [0.25, 0.3) is 5.91 Å². The van der Waals surface area contributed by atoms with Gasteiger partial charge in [0.1, 0.15) is 17.8 Å². The molecule has 0 aliphatic carbocycles. The third-order valence-corrected chi connectivity index (χ3v) is 4.64. The van der Waals surface area contributed by atoms with Gasteiger partial charge in [-0.1, -0.05) is 0 Å². The van der Waals surface area contributed by atoms with E-state index in [2.05, 4.69) is 10.0 Å². The van der Waals surface area contributed by atoms with Crippen molar-refractivity contribution in [2.45, 2.75) is 25.5 Å². The molecule has 3 rings (SSSR count). The number of rotatable bonds is 4. The van der Waals surface area contributed by atoms with E-state index in [0.29, 0.717) is 29.1 Å². The molecular weight excluding hydrogens is 354 g/mol. The largest absolute Gasteiger partial charge is 0.497 e. The predicted molar refractivity (Wildman–Crippen MR) is 100 cm³/mol. The van der Waals surface area contributed by atoms with Crippen molar-refractivity contribution >= 4 is 28.9 Å². The van der Waals surface area contributed by atoms with Gasteiger partial charge in [0, 0.05) is 18.4 Å². The van der Waals surface area contributed by atoms with Crippen LogP contribution in [0.3, 0.4) is 0 Å². The molecule has 0 spiro atoms. The maximum Gasteiger partial charge on any atom is 0.305 e. The fourth-order valence-corrected chi connectivity index (χ4v) is 3.18. The van der Waals surface area contributed by atoms with Crippen molar-refractivity contribution in [3.63, 3.8) is 0 Å². The highest BCUT2D eigenvalue weighted by Crippen LogP contribution is 2.26. The Balaban J connectivity index is 1.52. The van der Waals surface area contributed by atoms with Crippen LogP contribution < -0.4 is 14.8 Å². The zero-order valence-corrected chi connectivity index (χ0v) is 15.3. The molecule has 2 heterocycles. The van der Waals surface area contributed by atoms with Crippen LogP contribution in [-0.4, -0.2) is 29.4 Å². The van der Waals surface area contributed by atoms with Crippen molar-refractivity contribution < 1.29 is 19.1 Å². The van der Waals surface area contributed by atoms with E-state index in [-0.39, 0.29) is 17.4 Å². The Bertz CT molecular complexity index is 754. The van der Waals surface area contributed by atoms with Crippen molar-refractivity contribution in [3.8, 4) is 5.75 Å². The monoisotopic (exact) mass is 375 g/mol. The Morgan fingerprint density at radius 2 is 2.04 bits per heavy atom. The Kier molecular flexibility index (Phi) is 6.19. The number of hydrogen-bond acceptors (Lipinski definition) is 5. The van der Waals surface area contributed by atoms with Gasteiger partial charge < -0.3 is 19.4 Å². The summed E-state index contributed by atoms with van der Waals surface area (Å²) >= 11 is 0.708. The molecule has 1 aliphatic heterocycles. The van der Waals surface area contributed by atoms with Crippen LogP contribution in [0, 0.1) is 0 Å². The number of anilines is 1. The van der Waals surface area contributed by atoms with Gasteiger partial charge in [-0.3, -0.25) is 14.3 Å². The highest BCUT2D eigenvalue weighted by Gasteiger charge is 2.19. The quantitative estimate of drug-likeness (QED) is 0.794. The molecule has 26 heavy (non-hydrogen) atoms. The van der Waals surface area contributed by atoms with Gasteiger partial charge in [-0.15, -0.1) is 0 Å². The van der Waals surface area contributed by atoms with E-state index in [9.17, 15) is 9.59 Å². The fourth-order valence-electron chi connectivity index (χ4n) is 2.72. The van der Waals surface area contributed by atoms with Crippen LogP contribution in [-0.2, 0) is 4.74 Å². The van der Waals surface area contributed by atoms with Gasteiger partial charge in [-0.2, -0.15) is 0 Å². The smallest absolute Gasteiger partial charge is 0.305 e.